The number of imidazole rings is 1. The molecule has 1 unspecified atom stereocenters. The number of imide groups is 1. The van der Waals surface area contributed by atoms with Gasteiger partial charge < -0.3 is 10.2 Å². The summed E-state index contributed by atoms with van der Waals surface area (Å²) in [5.41, 5.74) is 4.57. The van der Waals surface area contributed by atoms with Crippen LogP contribution >= 0.6 is 0 Å². The number of hydrogen-bond acceptors (Lipinski definition) is 6. The number of fused-ring (bicyclic) bond motifs is 1. The molecule has 2 N–H and O–H groups in total. The number of carbonyl (C=O) groups is 2. The van der Waals surface area contributed by atoms with Crippen molar-refractivity contribution in [3.05, 3.63) is 52.9 Å². The standard InChI is InChI=1S/C29H36N6O3.C2H6/c1-32-26-18-22(4-7-24(26)35(29(32)38)25-8-9-27(36)31-28(25)37)21-2-5-23(6-3-21)34-16-14-33(15-17-34)19-20-10-12-30-13-11-20;1-2/h2-7,18,20,25,30H,8-17,19H2,1H3,(H,31,36,37);1-2H3. The van der Waals surface area contributed by atoms with Crippen molar-refractivity contribution in [2.45, 2.75) is 45.6 Å². The third-order valence-corrected chi connectivity index (χ3v) is 8.52. The molecule has 3 aliphatic rings. The fraction of sp³-hybridized carbons (Fsp3) is 0.516. The molecule has 0 bridgehead atoms. The Labute approximate surface area is 236 Å². The lowest BCUT2D eigenvalue weighted by Gasteiger charge is -2.38. The maximum absolute atomic E-state index is 13.1. The minimum atomic E-state index is -0.672. The zero-order valence-corrected chi connectivity index (χ0v) is 24.0. The number of nitrogens with zero attached hydrogens (tertiary/aromatic N) is 4. The van der Waals surface area contributed by atoms with Crippen LogP contribution < -0.4 is 21.2 Å². The summed E-state index contributed by atoms with van der Waals surface area (Å²) in [4.78, 5) is 42.2. The lowest BCUT2D eigenvalue weighted by Crippen LogP contribution is -2.48. The summed E-state index contributed by atoms with van der Waals surface area (Å²) in [7, 11) is 1.73. The minimum absolute atomic E-state index is 0.233. The van der Waals surface area contributed by atoms with Crippen molar-refractivity contribution in [3.8, 4) is 11.1 Å². The van der Waals surface area contributed by atoms with Crippen LogP contribution in [0.5, 0.6) is 0 Å². The first kappa shape index (κ1) is 28.1. The number of aromatic nitrogens is 2. The third-order valence-electron chi connectivity index (χ3n) is 8.52. The Morgan fingerprint density at radius 3 is 2.17 bits per heavy atom. The molecule has 1 aromatic heterocycles. The summed E-state index contributed by atoms with van der Waals surface area (Å²) in [5.74, 6) is 0.131. The number of benzene rings is 2. The first-order chi connectivity index (χ1) is 19.5. The highest BCUT2D eigenvalue weighted by atomic mass is 16.2. The number of piperazine rings is 1. The molecule has 0 aliphatic carbocycles. The summed E-state index contributed by atoms with van der Waals surface area (Å²) in [6.07, 6.45) is 3.16. The van der Waals surface area contributed by atoms with E-state index in [4.69, 9.17) is 0 Å². The molecule has 9 nitrogen and oxygen atoms in total. The van der Waals surface area contributed by atoms with E-state index in [-0.39, 0.29) is 18.0 Å². The summed E-state index contributed by atoms with van der Waals surface area (Å²) in [5, 5.41) is 5.82. The number of aryl methyl sites for hydroxylation is 1. The van der Waals surface area contributed by atoms with E-state index < -0.39 is 11.9 Å². The fourth-order valence-corrected chi connectivity index (χ4v) is 6.26. The van der Waals surface area contributed by atoms with Crippen LogP contribution in [-0.4, -0.2) is 71.7 Å². The maximum Gasteiger partial charge on any atom is 0.329 e. The minimum Gasteiger partial charge on any atom is -0.369 e. The molecule has 3 aromatic rings. The number of nitrogens with one attached hydrogen (secondary N) is 2. The molecule has 4 heterocycles. The van der Waals surface area contributed by atoms with Gasteiger partial charge in [0.15, 0.2) is 0 Å². The second kappa shape index (κ2) is 12.4. The van der Waals surface area contributed by atoms with Crippen LogP contribution in [0.2, 0.25) is 0 Å². The van der Waals surface area contributed by atoms with Gasteiger partial charge in [0.1, 0.15) is 6.04 Å². The van der Waals surface area contributed by atoms with Gasteiger partial charge in [0, 0.05) is 51.9 Å². The van der Waals surface area contributed by atoms with Gasteiger partial charge in [-0.1, -0.05) is 32.0 Å². The lowest BCUT2D eigenvalue weighted by atomic mass is 9.97. The second-order valence-corrected chi connectivity index (χ2v) is 10.9. The van der Waals surface area contributed by atoms with Crippen molar-refractivity contribution in [1.29, 1.82) is 0 Å². The fourth-order valence-electron chi connectivity index (χ4n) is 6.26. The highest BCUT2D eigenvalue weighted by molar-refractivity contribution is 6.00. The van der Waals surface area contributed by atoms with Gasteiger partial charge in [-0.15, -0.1) is 0 Å². The SMILES string of the molecule is CC.Cn1c(=O)n(C2CCC(=O)NC2=O)c2ccc(-c3ccc(N4CCN(CC5CCNCC5)CC4)cc3)cc21. The molecular weight excluding hydrogens is 504 g/mol. The Balaban J connectivity index is 0.00000158. The van der Waals surface area contributed by atoms with E-state index in [1.54, 1.807) is 11.6 Å². The van der Waals surface area contributed by atoms with Gasteiger partial charge in [-0.2, -0.15) is 0 Å². The molecule has 0 radical (unpaired) electrons. The average molecular weight is 547 g/mol. The number of hydrogen-bond donors (Lipinski definition) is 2. The Morgan fingerprint density at radius 1 is 0.825 bits per heavy atom. The predicted molar refractivity (Wildman–Crippen MR) is 160 cm³/mol. The number of rotatable bonds is 5. The van der Waals surface area contributed by atoms with Gasteiger partial charge >= 0.3 is 5.69 Å². The molecule has 3 aliphatic heterocycles. The number of piperidine rings is 2. The quantitative estimate of drug-likeness (QED) is 0.478. The van der Waals surface area contributed by atoms with E-state index in [9.17, 15) is 14.4 Å². The Morgan fingerprint density at radius 2 is 1.50 bits per heavy atom. The van der Waals surface area contributed by atoms with Gasteiger partial charge in [-0.3, -0.25) is 28.9 Å². The molecule has 2 amide bonds. The van der Waals surface area contributed by atoms with Crippen molar-refractivity contribution >= 4 is 28.5 Å². The smallest absolute Gasteiger partial charge is 0.329 e. The van der Waals surface area contributed by atoms with Crippen LogP contribution in [0, 0.1) is 5.92 Å². The third kappa shape index (κ3) is 5.71. The highest BCUT2D eigenvalue weighted by Gasteiger charge is 2.31. The Kier molecular flexibility index (Phi) is 8.71. The monoisotopic (exact) mass is 546 g/mol. The Bertz CT molecular complexity index is 1390. The molecule has 9 heteroatoms. The maximum atomic E-state index is 13.1. The van der Waals surface area contributed by atoms with Crippen LogP contribution in [0.15, 0.2) is 47.3 Å². The molecule has 214 valence electrons. The molecule has 3 saturated heterocycles. The van der Waals surface area contributed by atoms with Gasteiger partial charge in [0.25, 0.3) is 0 Å². The first-order valence-electron chi connectivity index (χ1n) is 14.8. The van der Waals surface area contributed by atoms with Gasteiger partial charge in [-0.25, -0.2) is 4.79 Å². The molecule has 40 heavy (non-hydrogen) atoms. The summed E-state index contributed by atoms with van der Waals surface area (Å²) < 4.78 is 3.11. The van der Waals surface area contributed by atoms with E-state index >= 15 is 0 Å². The molecular formula is C31H42N6O3. The second-order valence-electron chi connectivity index (χ2n) is 10.9. The van der Waals surface area contributed by atoms with E-state index in [1.807, 2.05) is 32.0 Å². The van der Waals surface area contributed by atoms with Crippen LogP contribution in [0.3, 0.4) is 0 Å². The molecule has 0 spiro atoms. The van der Waals surface area contributed by atoms with Crippen LogP contribution in [-0.2, 0) is 16.6 Å². The van der Waals surface area contributed by atoms with Gasteiger partial charge in [-0.05, 0) is 73.7 Å². The van der Waals surface area contributed by atoms with E-state index in [2.05, 4.69) is 44.7 Å². The largest absolute Gasteiger partial charge is 0.369 e. The number of amides is 2. The lowest BCUT2D eigenvalue weighted by molar-refractivity contribution is -0.135. The van der Waals surface area contributed by atoms with Crippen molar-refractivity contribution in [1.82, 2.24) is 24.7 Å². The number of carbonyl (C=O) groups excluding carboxylic acids is 2. The van der Waals surface area contributed by atoms with E-state index in [0.717, 1.165) is 61.8 Å². The van der Waals surface area contributed by atoms with Crippen molar-refractivity contribution in [3.63, 3.8) is 0 Å². The number of anilines is 1. The zero-order chi connectivity index (χ0) is 28.2. The molecule has 1 atom stereocenters. The van der Waals surface area contributed by atoms with Crippen molar-refractivity contribution < 1.29 is 9.59 Å². The average Bonchev–Trinajstić information content (AvgIpc) is 3.24. The summed E-state index contributed by atoms with van der Waals surface area (Å²) in [6.45, 7) is 11.9. The molecule has 0 saturated carbocycles. The zero-order valence-electron chi connectivity index (χ0n) is 24.0. The normalized spacial score (nSPS) is 20.8. The van der Waals surface area contributed by atoms with E-state index in [0.29, 0.717) is 11.9 Å². The molecule has 2 aromatic carbocycles. The summed E-state index contributed by atoms with van der Waals surface area (Å²) in [6, 6.07) is 13.9. The molecule has 3 fully saturated rings. The van der Waals surface area contributed by atoms with Crippen LogP contribution in [0.4, 0.5) is 5.69 Å². The van der Waals surface area contributed by atoms with Crippen LogP contribution in [0.1, 0.15) is 45.6 Å². The van der Waals surface area contributed by atoms with Gasteiger partial charge in [0.2, 0.25) is 11.8 Å². The van der Waals surface area contributed by atoms with Crippen molar-refractivity contribution in [2.75, 3.05) is 50.7 Å². The summed E-state index contributed by atoms with van der Waals surface area (Å²) >= 11 is 0. The van der Waals surface area contributed by atoms with Crippen LogP contribution in [0.25, 0.3) is 22.2 Å². The molecule has 6 rings (SSSR count). The topological polar surface area (TPSA) is 91.6 Å². The van der Waals surface area contributed by atoms with E-state index in [1.165, 1.54) is 29.6 Å². The highest BCUT2D eigenvalue weighted by Crippen LogP contribution is 2.29. The van der Waals surface area contributed by atoms with Crippen molar-refractivity contribution in [2.24, 2.45) is 13.0 Å². The Hall–Kier alpha value is -3.43. The first-order valence-corrected chi connectivity index (χ1v) is 14.8. The van der Waals surface area contributed by atoms with Gasteiger partial charge in [0.05, 0.1) is 11.0 Å². The predicted octanol–water partition coefficient (Wildman–Crippen LogP) is 3.13.